The van der Waals surface area contributed by atoms with Crippen molar-refractivity contribution in [3.63, 3.8) is 0 Å². The first-order valence-corrected chi connectivity index (χ1v) is 13.8. The van der Waals surface area contributed by atoms with Crippen molar-refractivity contribution in [2.24, 2.45) is 5.92 Å². The van der Waals surface area contributed by atoms with Gasteiger partial charge in [0.25, 0.3) is 0 Å². The third kappa shape index (κ3) is 10.3. The normalized spacial score (nSPS) is 17.2. The second-order valence-electron chi connectivity index (χ2n) is 10.4. The Hall–Kier alpha value is -2.62. The highest BCUT2D eigenvalue weighted by molar-refractivity contribution is 7.92. The predicted octanol–water partition coefficient (Wildman–Crippen LogP) is 3.08. The molecule has 9 nitrogen and oxygen atoms in total. The molecule has 1 aliphatic heterocycles. The number of carbonyl (C=O) groups is 3. The Labute approximate surface area is 208 Å². The SMILES string of the molecule is CC(C)CC(CS(=O)(=O)CC(=O)OC(C)(C)C)NC(=O)C1CCCN1C(=O)OCc1ccccc1. The number of likely N-dealkylation sites (tertiary alicyclic amines) is 1. The summed E-state index contributed by atoms with van der Waals surface area (Å²) in [6, 6.07) is 7.82. The number of hydrogen-bond donors (Lipinski definition) is 1. The molecule has 1 saturated heterocycles. The summed E-state index contributed by atoms with van der Waals surface area (Å²) in [5.74, 6) is -2.28. The first-order valence-electron chi connectivity index (χ1n) is 12.0. The van der Waals surface area contributed by atoms with Gasteiger partial charge in [-0.1, -0.05) is 44.2 Å². The molecule has 1 aromatic rings. The summed E-state index contributed by atoms with van der Waals surface area (Å²) in [6.07, 6.45) is 0.935. The maximum absolute atomic E-state index is 13.1. The number of sulfone groups is 1. The van der Waals surface area contributed by atoms with Gasteiger partial charge in [-0.2, -0.15) is 0 Å². The number of benzene rings is 1. The van der Waals surface area contributed by atoms with E-state index < -0.39 is 51.2 Å². The molecular weight excluding hydrogens is 472 g/mol. The standard InChI is InChI=1S/C25H38N2O7S/c1-18(2)14-20(16-35(31,32)17-22(28)34-25(3,4)5)26-23(29)21-12-9-13-27(21)24(30)33-15-19-10-7-6-8-11-19/h6-8,10-11,18,20-21H,9,12-17H2,1-5H3,(H,26,29). The van der Waals surface area contributed by atoms with Gasteiger partial charge in [0.15, 0.2) is 9.84 Å². The van der Waals surface area contributed by atoms with Crippen molar-refractivity contribution in [1.82, 2.24) is 10.2 Å². The fraction of sp³-hybridized carbons (Fsp3) is 0.640. The van der Waals surface area contributed by atoms with Gasteiger partial charge in [0, 0.05) is 12.6 Å². The van der Waals surface area contributed by atoms with Gasteiger partial charge in [-0.3, -0.25) is 14.5 Å². The van der Waals surface area contributed by atoms with Gasteiger partial charge in [0.1, 0.15) is 24.0 Å². The van der Waals surface area contributed by atoms with E-state index >= 15 is 0 Å². The maximum Gasteiger partial charge on any atom is 0.410 e. The average Bonchev–Trinajstić information content (AvgIpc) is 3.20. The molecular formula is C25H38N2O7S. The van der Waals surface area contributed by atoms with Gasteiger partial charge in [0.2, 0.25) is 5.91 Å². The maximum atomic E-state index is 13.1. The van der Waals surface area contributed by atoms with E-state index in [0.29, 0.717) is 25.8 Å². The molecule has 0 aromatic heterocycles. The molecule has 2 amide bonds. The van der Waals surface area contributed by atoms with Crippen molar-refractivity contribution in [3.8, 4) is 0 Å². The summed E-state index contributed by atoms with van der Waals surface area (Å²) in [5, 5.41) is 2.81. The predicted molar refractivity (Wildman–Crippen MR) is 132 cm³/mol. The molecule has 1 heterocycles. The van der Waals surface area contributed by atoms with Crippen molar-refractivity contribution >= 4 is 27.8 Å². The van der Waals surface area contributed by atoms with Crippen LogP contribution in [0.15, 0.2) is 30.3 Å². The van der Waals surface area contributed by atoms with Crippen LogP contribution in [0.5, 0.6) is 0 Å². The number of nitrogens with zero attached hydrogens (tertiary/aromatic N) is 1. The number of amides is 2. The number of carbonyl (C=O) groups excluding carboxylic acids is 3. The smallest absolute Gasteiger partial charge is 0.410 e. The highest BCUT2D eigenvalue weighted by atomic mass is 32.2. The van der Waals surface area contributed by atoms with Crippen LogP contribution in [0.1, 0.15) is 59.4 Å². The van der Waals surface area contributed by atoms with Gasteiger partial charge in [0.05, 0.1) is 5.75 Å². The number of hydrogen-bond acceptors (Lipinski definition) is 7. The summed E-state index contributed by atoms with van der Waals surface area (Å²) < 4.78 is 35.9. The third-order valence-corrected chi connectivity index (χ3v) is 6.90. The molecule has 0 aliphatic carbocycles. The van der Waals surface area contributed by atoms with Crippen LogP contribution in [-0.4, -0.2) is 67.0 Å². The fourth-order valence-electron chi connectivity index (χ4n) is 4.01. The molecule has 0 bridgehead atoms. The topological polar surface area (TPSA) is 119 Å². The van der Waals surface area contributed by atoms with E-state index in [2.05, 4.69) is 5.32 Å². The Kier molecular flexibility index (Phi) is 10.1. The van der Waals surface area contributed by atoms with Crippen molar-refractivity contribution in [1.29, 1.82) is 0 Å². The third-order valence-electron chi connectivity index (χ3n) is 5.31. The van der Waals surface area contributed by atoms with E-state index in [1.807, 2.05) is 44.2 Å². The second-order valence-corrected chi connectivity index (χ2v) is 12.5. The molecule has 10 heteroatoms. The molecule has 1 fully saturated rings. The van der Waals surface area contributed by atoms with Crippen LogP contribution < -0.4 is 5.32 Å². The van der Waals surface area contributed by atoms with Crippen molar-refractivity contribution < 1.29 is 32.3 Å². The molecule has 2 atom stereocenters. The summed E-state index contributed by atoms with van der Waals surface area (Å²) in [6.45, 7) is 9.32. The van der Waals surface area contributed by atoms with Crippen LogP contribution in [0.3, 0.4) is 0 Å². The molecule has 1 N–H and O–H groups in total. The van der Waals surface area contributed by atoms with Gasteiger partial charge < -0.3 is 14.8 Å². The summed E-state index contributed by atoms with van der Waals surface area (Å²) in [4.78, 5) is 39.1. The van der Waals surface area contributed by atoms with E-state index in [0.717, 1.165) is 5.56 Å². The Morgan fingerprint density at radius 2 is 1.80 bits per heavy atom. The van der Waals surface area contributed by atoms with Crippen molar-refractivity contribution in [2.45, 2.75) is 78.2 Å². The lowest BCUT2D eigenvalue weighted by Crippen LogP contribution is -2.51. The van der Waals surface area contributed by atoms with Crippen molar-refractivity contribution in [3.05, 3.63) is 35.9 Å². The Morgan fingerprint density at radius 1 is 1.14 bits per heavy atom. The van der Waals surface area contributed by atoms with E-state index in [-0.39, 0.29) is 18.3 Å². The van der Waals surface area contributed by atoms with E-state index in [1.165, 1.54) is 4.90 Å². The van der Waals surface area contributed by atoms with Crippen LogP contribution in [0.25, 0.3) is 0 Å². The Balaban J connectivity index is 2.00. The van der Waals surface area contributed by atoms with E-state index in [9.17, 15) is 22.8 Å². The Morgan fingerprint density at radius 3 is 2.40 bits per heavy atom. The molecule has 196 valence electrons. The quantitative estimate of drug-likeness (QED) is 0.481. The van der Waals surface area contributed by atoms with Gasteiger partial charge >= 0.3 is 12.1 Å². The van der Waals surface area contributed by atoms with Crippen LogP contribution in [0.2, 0.25) is 0 Å². The zero-order valence-corrected chi connectivity index (χ0v) is 22.1. The first kappa shape index (κ1) is 28.6. The molecule has 2 rings (SSSR count). The molecule has 1 aliphatic rings. The monoisotopic (exact) mass is 510 g/mol. The van der Waals surface area contributed by atoms with Crippen molar-refractivity contribution in [2.75, 3.05) is 18.1 Å². The number of esters is 1. The van der Waals surface area contributed by atoms with Gasteiger partial charge in [-0.15, -0.1) is 0 Å². The molecule has 35 heavy (non-hydrogen) atoms. The lowest BCUT2D eigenvalue weighted by molar-refractivity contribution is -0.151. The highest BCUT2D eigenvalue weighted by Gasteiger charge is 2.37. The number of ether oxygens (including phenoxy) is 2. The molecule has 2 unspecified atom stereocenters. The molecule has 0 radical (unpaired) electrons. The molecule has 0 saturated carbocycles. The second kappa shape index (κ2) is 12.4. The summed E-state index contributed by atoms with van der Waals surface area (Å²) in [7, 11) is -3.83. The summed E-state index contributed by atoms with van der Waals surface area (Å²) >= 11 is 0. The number of nitrogens with one attached hydrogen (secondary N) is 1. The minimum absolute atomic E-state index is 0.101. The first-order chi connectivity index (χ1) is 16.3. The summed E-state index contributed by atoms with van der Waals surface area (Å²) in [5.41, 5.74) is 0.0485. The largest absolute Gasteiger partial charge is 0.459 e. The lowest BCUT2D eigenvalue weighted by atomic mass is 10.0. The van der Waals surface area contributed by atoms with E-state index in [1.54, 1.807) is 20.8 Å². The van der Waals surface area contributed by atoms with Gasteiger partial charge in [-0.25, -0.2) is 13.2 Å². The van der Waals surface area contributed by atoms with Crippen LogP contribution in [0, 0.1) is 5.92 Å². The lowest BCUT2D eigenvalue weighted by Gasteiger charge is -2.27. The van der Waals surface area contributed by atoms with E-state index in [4.69, 9.17) is 9.47 Å². The average molecular weight is 511 g/mol. The van der Waals surface area contributed by atoms with Gasteiger partial charge in [-0.05, 0) is 51.5 Å². The fourth-order valence-corrected chi connectivity index (χ4v) is 5.38. The van der Waals surface area contributed by atoms with Crippen LogP contribution in [-0.2, 0) is 35.5 Å². The minimum Gasteiger partial charge on any atom is -0.459 e. The Bertz CT molecular complexity index is 971. The minimum atomic E-state index is -3.83. The van der Waals surface area contributed by atoms with Crippen LogP contribution >= 0.6 is 0 Å². The molecule has 1 aromatic carbocycles. The molecule has 0 spiro atoms. The number of rotatable bonds is 10. The van der Waals surface area contributed by atoms with Crippen LogP contribution in [0.4, 0.5) is 4.79 Å². The zero-order valence-electron chi connectivity index (χ0n) is 21.3. The highest BCUT2D eigenvalue weighted by Crippen LogP contribution is 2.20. The zero-order chi connectivity index (χ0) is 26.2.